The van der Waals surface area contributed by atoms with Crippen molar-refractivity contribution in [3.05, 3.63) is 72.4 Å². The van der Waals surface area contributed by atoms with Crippen molar-refractivity contribution in [2.24, 2.45) is 17.4 Å². The molecule has 2 atom stereocenters. The molecule has 0 aliphatic heterocycles. The minimum atomic E-state index is -0.842. The van der Waals surface area contributed by atoms with Crippen molar-refractivity contribution < 1.29 is 9.59 Å². The summed E-state index contributed by atoms with van der Waals surface area (Å²) in [5.74, 6) is -0.738. The van der Waals surface area contributed by atoms with Gasteiger partial charge in [-0.25, -0.2) is 0 Å². The number of primary amides is 1. The van der Waals surface area contributed by atoms with Gasteiger partial charge in [-0.3, -0.25) is 14.5 Å². The lowest BCUT2D eigenvalue weighted by molar-refractivity contribution is -0.125. The van der Waals surface area contributed by atoms with Gasteiger partial charge < -0.3 is 16.5 Å². The molecule has 3 rings (SSSR count). The fraction of sp³-hybridized carbons (Fsp3) is 0.280. The summed E-state index contributed by atoms with van der Waals surface area (Å²) in [7, 11) is 0. The van der Waals surface area contributed by atoms with Crippen LogP contribution in [-0.2, 0) is 16.0 Å². The highest BCUT2D eigenvalue weighted by Crippen LogP contribution is 2.28. The normalized spacial score (nSPS) is 13.2. The van der Waals surface area contributed by atoms with E-state index >= 15 is 0 Å². The number of rotatable bonds is 9. The molecule has 1 heterocycles. The van der Waals surface area contributed by atoms with Crippen molar-refractivity contribution in [3.63, 3.8) is 0 Å². The number of nitrogens with zero attached hydrogens (tertiary/aromatic N) is 1. The van der Waals surface area contributed by atoms with Gasteiger partial charge in [0.15, 0.2) is 0 Å². The molecule has 0 radical (unpaired) electrons. The fourth-order valence-corrected chi connectivity index (χ4v) is 3.92. The lowest BCUT2D eigenvalue weighted by Crippen LogP contribution is -2.54. The molecule has 0 saturated carbocycles. The average molecular weight is 419 g/mol. The topological polar surface area (TPSA) is 105 Å². The molecular weight excluding hydrogens is 388 g/mol. The van der Waals surface area contributed by atoms with Crippen LogP contribution < -0.4 is 16.4 Å². The number of fused-ring (bicyclic) bond motifs is 1. The van der Waals surface area contributed by atoms with E-state index in [1.807, 2.05) is 62.5 Å². The van der Waals surface area contributed by atoms with Crippen LogP contribution in [0.25, 0.3) is 17.0 Å². The molecule has 0 spiro atoms. The van der Waals surface area contributed by atoms with Crippen LogP contribution in [0.3, 0.4) is 0 Å². The van der Waals surface area contributed by atoms with Crippen molar-refractivity contribution in [3.8, 4) is 0 Å². The van der Waals surface area contributed by atoms with Crippen LogP contribution in [0, 0.1) is 5.92 Å². The van der Waals surface area contributed by atoms with Gasteiger partial charge in [0, 0.05) is 17.1 Å². The van der Waals surface area contributed by atoms with Gasteiger partial charge >= 0.3 is 0 Å². The predicted molar refractivity (Wildman–Crippen MR) is 126 cm³/mol. The molecule has 31 heavy (non-hydrogen) atoms. The number of aromatic nitrogens is 1. The second kappa shape index (κ2) is 9.62. The van der Waals surface area contributed by atoms with E-state index in [1.165, 1.54) is 4.90 Å². The molecule has 0 aliphatic rings. The summed E-state index contributed by atoms with van der Waals surface area (Å²) in [5, 5.41) is 1.03. The van der Waals surface area contributed by atoms with Gasteiger partial charge in [-0.15, -0.1) is 0 Å². The molecule has 162 valence electrons. The summed E-state index contributed by atoms with van der Waals surface area (Å²) in [6.45, 7) is 7.83. The Morgan fingerprint density at radius 3 is 2.48 bits per heavy atom. The molecular formula is C25H30N4O2. The maximum absolute atomic E-state index is 13.7. The van der Waals surface area contributed by atoms with Crippen LogP contribution in [0.4, 0.5) is 5.69 Å². The summed E-state index contributed by atoms with van der Waals surface area (Å²) in [6.07, 6.45) is 4.31. The number of anilines is 1. The van der Waals surface area contributed by atoms with Crippen molar-refractivity contribution in [2.75, 3.05) is 4.90 Å². The summed E-state index contributed by atoms with van der Waals surface area (Å²) in [4.78, 5) is 30.8. The SMILES string of the molecule is C=Cc1ccccc1N(C(=O)C(N)Cc1c[nH]c2ccccc12)C(CC(C)C)C(N)=O. The zero-order valence-corrected chi connectivity index (χ0v) is 18.0. The maximum atomic E-state index is 13.7. The molecule has 3 aromatic rings. The molecule has 0 saturated heterocycles. The van der Waals surface area contributed by atoms with E-state index in [4.69, 9.17) is 11.5 Å². The molecule has 5 N–H and O–H groups in total. The van der Waals surface area contributed by atoms with E-state index in [2.05, 4.69) is 11.6 Å². The van der Waals surface area contributed by atoms with Gasteiger partial charge in [-0.1, -0.05) is 62.9 Å². The smallest absolute Gasteiger partial charge is 0.245 e. The highest BCUT2D eigenvalue weighted by molar-refractivity contribution is 6.04. The third-order valence-corrected chi connectivity index (χ3v) is 5.42. The third kappa shape index (κ3) is 4.86. The highest BCUT2D eigenvalue weighted by Gasteiger charge is 2.34. The van der Waals surface area contributed by atoms with Crippen LogP contribution in [0.1, 0.15) is 31.4 Å². The maximum Gasteiger partial charge on any atom is 0.245 e. The van der Waals surface area contributed by atoms with E-state index in [-0.39, 0.29) is 11.8 Å². The third-order valence-electron chi connectivity index (χ3n) is 5.42. The summed E-state index contributed by atoms with van der Waals surface area (Å²) < 4.78 is 0. The van der Waals surface area contributed by atoms with Crippen LogP contribution >= 0.6 is 0 Å². The van der Waals surface area contributed by atoms with Crippen LogP contribution in [0.5, 0.6) is 0 Å². The second-order valence-electron chi connectivity index (χ2n) is 8.19. The largest absolute Gasteiger partial charge is 0.368 e. The van der Waals surface area contributed by atoms with Crippen LogP contribution in [0.2, 0.25) is 0 Å². The first-order valence-corrected chi connectivity index (χ1v) is 10.5. The number of benzene rings is 2. The second-order valence-corrected chi connectivity index (χ2v) is 8.19. The number of nitrogens with two attached hydrogens (primary N) is 2. The van der Waals surface area contributed by atoms with Gasteiger partial charge in [0.1, 0.15) is 6.04 Å². The van der Waals surface area contributed by atoms with Gasteiger partial charge in [0.05, 0.1) is 11.7 Å². The molecule has 0 bridgehead atoms. The summed E-state index contributed by atoms with van der Waals surface area (Å²) in [5.41, 5.74) is 15.4. The molecule has 2 unspecified atom stereocenters. The van der Waals surface area contributed by atoms with E-state index in [0.717, 1.165) is 22.0 Å². The molecule has 6 nitrogen and oxygen atoms in total. The standard InChI is InChI=1S/C25H30N4O2/c1-4-17-9-5-8-12-22(17)29(23(24(27)30)13-16(2)3)25(31)20(26)14-18-15-28-21-11-7-6-10-19(18)21/h4-12,15-16,20,23,28H,1,13-14,26H2,2-3H3,(H2,27,30). The number of para-hydroxylation sites is 2. The predicted octanol–water partition coefficient (Wildman–Crippen LogP) is 3.61. The van der Waals surface area contributed by atoms with Crippen molar-refractivity contribution >= 4 is 34.5 Å². The Bertz CT molecular complexity index is 1090. The lowest BCUT2D eigenvalue weighted by atomic mass is 9.97. The highest BCUT2D eigenvalue weighted by atomic mass is 16.2. The van der Waals surface area contributed by atoms with Gasteiger partial charge in [0.25, 0.3) is 0 Å². The molecule has 0 fully saturated rings. The lowest BCUT2D eigenvalue weighted by Gasteiger charge is -2.34. The first kappa shape index (κ1) is 22.3. The van der Waals surface area contributed by atoms with E-state index in [9.17, 15) is 9.59 Å². The number of carbonyl (C=O) groups is 2. The Balaban J connectivity index is 2.00. The molecule has 2 amide bonds. The summed E-state index contributed by atoms with van der Waals surface area (Å²) in [6, 6.07) is 13.5. The van der Waals surface area contributed by atoms with Crippen LogP contribution in [0.15, 0.2) is 61.3 Å². The first-order valence-electron chi connectivity index (χ1n) is 10.5. The number of nitrogens with one attached hydrogen (secondary N) is 1. The van der Waals surface area contributed by atoms with Crippen molar-refractivity contribution in [1.29, 1.82) is 0 Å². The van der Waals surface area contributed by atoms with Gasteiger partial charge in [0.2, 0.25) is 11.8 Å². The van der Waals surface area contributed by atoms with Crippen LogP contribution in [-0.4, -0.2) is 28.9 Å². The number of aromatic amines is 1. The number of hydrogen-bond acceptors (Lipinski definition) is 3. The van der Waals surface area contributed by atoms with Crippen molar-refractivity contribution in [1.82, 2.24) is 4.98 Å². The van der Waals surface area contributed by atoms with E-state index in [0.29, 0.717) is 18.5 Å². The van der Waals surface area contributed by atoms with E-state index in [1.54, 1.807) is 12.1 Å². The molecule has 6 heteroatoms. The number of hydrogen-bond donors (Lipinski definition) is 3. The summed E-state index contributed by atoms with van der Waals surface area (Å²) >= 11 is 0. The Hall–Kier alpha value is -3.38. The zero-order chi connectivity index (χ0) is 22.5. The monoisotopic (exact) mass is 418 g/mol. The van der Waals surface area contributed by atoms with E-state index < -0.39 is 18.0 Å². The molecule has 1 aromatic heterocycles. The average Bonchev–Trinajstić information content (AvgIpc) is 3.16. The minimum absolute atomic E-state index is 0.161. The molecule has 0 aliphatic carbocycles. The minimum Gasteiger partial charge on any atom is -0.368 e. The van der Waals surface area contributed by atoms with Gasteiger partial charge in [-0.2, -0.15) is 0 Å². The Labute approximate surface area is 182 Å². The quantitative estimate of drug-likeness (QED) is 0.494. The molecule has 2 aromatic carbocycles. The number of H-pyrrole nitrogens is 1. The Kier molecular flexibility index (Phi) is 6.92. The number of carbonyl (C=O) groups excluding carboxylic acids is 2. The fourth-order valence-electron chi connectivity index (χ4n) is 3.92. The Morgan fingerprint density at radius 1 is 1.13 bits per heavy atom. The van der Waals surface area contributed by atoms with Gasteiger partial charge in [-0.05, 0) is 42.0 Å². The number of amides is 2. The Morgan fingerprint density at radius 2 is 1.81 bits per heavy atom. The zero-order valence-electron chi connectivity index (χ0n) is 18.0. The first-order chi connectivity index (χ1) is 14.8. The van der Waals surface area contributed by atoms with Crippen molar-refractivity contribution in [2.45, 2.75) is 38.8 Å².